The average molecular weight is 291 g/mol. The van der Waals surface area contributed by atoms with E-state index in [9.17, 15) is 0 Å². The van der Waals surface area contributed by atoms with Crippen molar-refractivity contribution in [2.24, 2.45) is 0 Å². The lowest BCUT2D eigenvalue weighted by molar-refractivity contribution is 0.829. The van der Waals surface area contributed by atoms with Crippen molar-refractivity contribution in [2.45, 2.75) is 33.1 Å². The third kappa shape index (κ3) is 3.90. The first-order valence-electron chi connectivity index (χ1n) is 6.86. The summed E-state index contributed by atoms with van der Waals surface area (Å²) < 4.78 is 0. The van der Waals surface area contributed by atoms with Crippen LogP contribution in [-0.4, -0.2) is 21.5 Å². The minimum Gasteiger partial charge on any atom is -0.369 e. The molecule has 0 amide bonds. The topological polar surface area (TPSA) is 50.7 Å². The van der Waals surface area contributed by atoms with E-state index in [0.29, 0.717) is 5.15 Å². The van der Waals surface area contributed by atoms with Crippen molar-refractivity contribution in [3.8, 4) is 0 Å². The van der Waals surface area contributed by atoms with E-state index in [1.54, 1.807) is 6.20 Å². The Bertz CT molecular complexity index is 557. The molecule has 2 aromatic rings. The Kier molecular flexibility index (Phi) is 5.30. The average Bonchev–Trinajstić information content (AvgIpc) is 2.45. The molecule has 0 saturated heterocycles. The fourth-order valence-electron chi connectivity index (χ4n) is 1.91. The minimum atomic E-state index is 0.535. The number of hydrogen-bond acceptors (Lipinski definition) is 4. The van der Waals surface area contributed by atoms with E-state index in [1.165, 1.54) is 5.56 Å². The van der Waals surface area contributed by atoms with E-state index in [2.05, 4.69) is 33.3 Å². The Labute approximate surface area is 124 Å². The van der Waals surface area contributed by atoms with Gasteiger partial charge >= 0.3 is 0 Å². The van der Waals surface area contributed by atoms with Gasteiger partial charge in [-0.2, -0.15) is 0 Å². The summed E-state index contributed by atoms with van der Waals surface area (Å²) in [6.45, 7) is 4.84. The summed E-state index contributed by atoms with van der Waals surface area (Å²) in [5, 5.41) is 3.87. The number of aryl methyl sites for hydroxylation is 1. The fourth-order valence-corrected chi connectivity index (χ4v) is 2.10. The molecule has 0 spiro atoms. The molecule has 0 unspecified atom stereocenters. The molecule has 0 radical (unpaired) electrons. The summed E-state index contributed by atoms with van der Waals surface area (Å²) >= 11 is 6.15. The van der Waals surface area contributed by atoms with Gasteiger partial charge in [-0.05, 0) is 31.4 Å². The second kappa shape index (κ2) is 7.20. The molecule has 0 atom stereocenters. The van der Waals surface area contributed by atoms with Crippen molar-refractivity contribution in [2.75, 3.05) is 11.9 Å². The van der Waals surface area contributed by atoms with Crippen LogP contribution < -0.4 is 5.32 Å². The number of anilines is 1. The maximum Gasteiger partial charge on any atom is 0.137 e. The molecule has 106 valence electrons. The van der Waals surface area contributed by atoms with E-state index >= 15 is 0 Å². The van der Waals surface area contributed by atoms with Crippen LogP contribution in [-0.2, 0) is 12.8 Å². The predicted molar refractivity (Wildman–Crippen MR) is 82.2 cm³/mol. The monoisotopic (exact) mass is 290 g/mol. The van der Waals surface area contributed by atoms with Gasteiger partial charge in [-0.15, -0.1) is 0 Å². The van der Waals surface area contributed by atoms with Crippen LogP contribution in [0.5, 0.6) is 0 Å². The van der Waals surface area contributed by atoms with Gasteiger partial charge in [-0.3, -0.25) is 4.98 Å². The third-order valence-corrected chi connectivity index (χ3v) is 3.40. The van der Waals surface area contributed by atoms with Gasteiger partial charge in [0.15, 0.2) is 0 Å². The van der Waals surface area contributed by atoms with E-state index in [4.69, 9.17) is 11.6 Å². The first kappa shape index (κ1) is 14.7. The lowest BCUT2D eigenvalue weighted by Gasteiger charge is -2.11. The van der Waals surface area contributed by atoms with Crippen LogP contribution in [0.4, 0.5) is 5.82 Å². The first-order valence-corrected chi connectivity index (χ1v) is 7.24. The molecule has 2 heterocycles. The van der Waals surface area contributed by atoms with E-state index in [0.717, 1.165) is 43.0 Å². The highest BCUT2D eigenvalue weighted by Gasteiger charge is 2.08. The van der Waals surface area contributed by atoms with Crippen LogP contribution in [0.15, 0.2) is 24.5 Å². The standard InChI is InChI=1S/C15H19ClN4/c1-3-5-13-19-14(16)11(2)15(20-13)18-9-7-12-6-4-8-17-10-12/h4,6,8,10H,3,5,7,9H2,1-2H3,(H,18,19,20). The van der Waals surface area contributed by atoms with Crippen molar-refractivity contribution in [3.05, 3.63) is 46.6 Å². The number of hydrogen-bond donors (Lipinski definition) is 1. The number of halogens is 1. The first-order chi connectivity index (χ1) is 9.70. The van der Waals surface area contributed by atoms with Crippen molar-refractivity contribution >= 4 is 17.4 Å². The van der Waals surface area contributed by atoms with Gasteiger partial charge < -0.3 is 5.32 Å². The summed E-state index contributed by atoms with van der Waals surface area (Å²) in [5.74, 6) is 1.63. The van der Waals surface area contributed by atoms with Crippen molar-refractivity contribution in [1.29, 1.82) is 0 Å². The van der Waals surface area contributed by atoms with Gasteiger partial charge in [-0.25, -0.2) is 9.97 Å². The molecule has 0 bridgehead atoms. The van der Waals surface area contributed by atoms with Crippen LogP contribution in [0.1, 0.15) is 30.3 Å². The van der Waals surface area contributed by atoms with Crippen molar-refractivity contribution < 1.29 is 0 Å². The van der Waals surface area contributed by atoms with Crippen LogP contribution >= 0.6 is 11.6 Å². The molecular formula is C15H19ClN4. The Morgan fingerprint density at radius 2 is 2.10 bits per heavy atom. The minimum absolute atomic E-state index is 0.535. The molecule has 1 N–H and O–H groups in total. The largest absolute Gasteiger partial charge is 0.369 e. The zero-order valence-corrected chi connectivity index (χ0v) is 12.6. The third-order valence-electron chi connectivity index (χ3n) is 3.04. The molecule has 20 heavy (non-hydrogen) atoms. The summed E-state index contributed by atoms with van der Waals surface area (Å²) in [5.41, 5.74) is 2.10. The zero-order valence-electron chi connectivity index (χ0n) is 11.9. The molecule has 4 nitrogen and oxygen atoms in total. The van der Waals surface area contributed by atoms with Crippen molar-refractivity contribution in [1.82, 2.24) is 15.0 Å². The summed E-state index contributed by atoms with van der Waals surface area (Å²) in [6, 6.07) is 4.01. The summed E-state index contributed by atoms with van der Waals surface area (Å²) in [6.07, 6.45) is 6.41. The predicted octanol–water partition coefficient (Wildman–Crippen LogP) is 3.44. The van der Waals surface area contributed by atoms with Gasteiger partial charge in [-0.1, -0.05) is 24.6 Å². The number of nitrogens with one attached hydrogen (secondary N) is 1. The van der Waals surface area contributed by atoms with Gasteiger partial charge in [0.1, 0.15) is 16.8 Å². The van der Waals surface area contributed by atoms with Crippen LogP contribution in [0.3, 0.4) is 0 Å². The quantitative estimate of drug-likeness (QED) is 0.828. The van der Waals surface area contributed by atoms with Gasteiger partial charge in [0.05, 0.1) is 0 Å². The normalized spacial score (nSPS) is 10.6. The highest BCUT2D eigenvalue weighted by atomic mass is 35.5. The Balaban J connectivity index is 2.01. The zero-order chi connectivity index (χ0) is 14.4. The number of nitrogens with zero attached hydrogens (tertiary/aromatic N) is 3. The maximum atomic E-state index is 6.15. The number of aromatic nitrogens is 3. The van der Waals surface area contributed by atoms with Crippen LogP contribution in [0, 0.1) is 6.92 Å². The Morgan fingerprint density at radius 1 is 1.25 bits per heavy atom. The van der Waals surface area contributed by atoms with E-state index in [1.807, 2.05) is 19.2 Å². The van der Waals surface area contributed by atoms with Gasteiger partial charge in [0.2, 0.25) is 0 Å². The van der Waals surface area contributed by atoms with E-state index in [-0.39, 0.29) is 0 Å². The summed E-state index contributed by atoms with van der Waals surface area (Å²) in [7, 11) is 0. The molecule has 0 aliphatic rings. The number of rotatable bonds is 6. The molecule has 0 aliphatic carbocycles. The van der Waals surface area contributed by atoms with Gasteiger partial charge in [0.25, 0.3) is 0 Å². The highest BCUT2D eigenvalue weighted by Crippen LogP contribution is 2.20. The fraction of sp³-hybridized carbons (Fsp3) is 0.400. The molecular weight excluding hydrogens is 272 g/mol. The molecule has 0 aromatic carbocycles. The van der Waals surface area contributed by atoms with E-state index < -0.39 is 0 Å². The smallest absolute Gasteiger partial charge is 0.137 e. The molecule has 0 saturated carbocycles. The molecule has 2 aromatic heterocycles. The van der Waals surface area contributed by atoms with Crippen LogP contribution in [0.25, 0.3) is 0 Å². The number of pyridine rings is 1. The lowest BCUT2D eigenvalue weighted by Crippen LogP contribution is -2.10. The maximum absolute atomic E-state index is 6.15. The second-order valence-electron chi connectivity index (χ2n) is 4.69. The van der Waals surface area contributed by atoms with Gasteiger partial charge in [0, 0.05) is 30.9 Å². The molecule has 2 rings (SSSR count). The summed E-state index contributed by atoms with van der Waals surface area (Å²) in [4.78, 5) is 12.9. The molecule has 0 fully saturated rings. The molecule has 0 aliphatic heterocycles. The second-order valence-corrected chi connectivity index (χ2v) is 5.05. The van der Waals surface area contributed by atoms with Crippen molar-refractivity contribution in [3.63, 3.8) is 0 Å². The highest BCUT2D eigenvalue weighted by molar-refractivity contribution is 6.30. The molecule has 5 heteroatoms. The Morgan fingerprint density at radius 3 is 2.80 bits per heavy atom. The van der Waals surface area contributed by atoms with Crippen LogP contribution in [0.2, 0.25) is 5.15 Å². The Hall–Kier alpha value is -1.68. The lowest BCUT2D eigenvalue weighted by atomic mass is 10.2. The SMILES string of the molecule is CCCc1nc(Cl)c(C)c(NCCc2cccnc2)n1.